The average molecular weight is 314 g/mol. The van der Waals surface area contributed by atoms with Gasteiger partial charge in [0.25, 0.3) is 0 Å². The smallest absolute Gasteiger partial charge is 0.206 e. The molecule has 0 saturated heterocycles. The molecule has 0 bridgehead atoms. The number of fused-ring (bicyclic) bond motifs is 1. The van der Waals surface area contributed by atoms with Crippen molar-refractivity contribution in [2.24, 2.45) is 0 Å². The highest BCUT2D eigenvalue weighted by Gasteiger charge is 2.18. The molecular weight excluding hydrogens is 302 g/mol. The Balaban J connectivity index is 2.13. The molecule has 0 amide bonds. The fourth-order valence-corrected chi connectivity index (χ4v) is 3.58. The molecule has 0 spiro atoms. The molecule has 0 aromatic heterocycles. The van der Waals surface area contributed by atoms with E-state index in [2.05, 4.69) is 0 Å². The molecule has 6 heteroatoms. The first-order valence-electron chi connectivity index (χ1n) is 6.48. The van der Waals surface area contributed by atoms with Crippen LogP contribution in [0.1, 0.15) is 0 Å². The lowest BCUT2D eigenvalue weighted by Gasteiger charge is -2.21. The summed E-state index contributed by atoms with van der Waals surface area (Å²) in [6.07, 6.45) is 0. The van der Waals surface area contributed by atoms with Crippen LogP contribution in [0.25, 0.3) is 10.8 Å². The van der Waals surface area contributed by atoms with Crippen LogP contribution in [0, 0.1) is 5.21 Å². The molecule has 0 saturated carbocycles. The number of nitrogens with zero attached hydrogens (tertiary/aromatic N) is 1. The van der Waals surface area contributed by atoms with Gasteiger partial charge in [0, 0.05) is 0 Å². The SMILES string of the molecule is O=S(=O)(c1cccc(N([O-])O)c1)c1ccc2ccccc2c1. The fourth-order valence-electron chi connectivity index (χ4n) is 2.24. The van der Waals surface area contributed by atoms with Gasteiger partial charge in [-0.05, 0) is 41.1 Å². The number of rotatable bonds is 3. The summed E-state index contributed by atoms with van der Waals surface area (Å²) in [6.45, 7) is 0. The molecular formula is C16H12NO4S-. The van der Waals surface area contributed by atoms with Gasteiger partial charge in [-0.15, -0.1) is 0 Å². The van der Waals surface area contributed by atoms with Gasteiger partial charge < -0.3 is 10.4 Å². The highest BCUT2D eigenvalue weighted by atomic mass is 32.2. The Hall–Kier alpha value is -2.41. The van der Waals surface area contributed by atoms with Gasteiger partial charge in [-0.25, -0.2) is 8.42 Å². The Morgan fingerprint density at radius 2 is 1.50 bits per heavy atom. The monoisotopic (exact) mass is 314 g/mol. The van der Waals surface area contributed by atoms with Crippen LogP contribution < -0.4 is 5.23 Å². The van der Waals surface area contributed by atoms with Crippen LogP contribution in [0.4, 0.5) is 5.69 Å². The molecule has 0 unspecified atom stereocenters. The first-order chi connectivity index (χ1) is 10.5. The molecule has 0 fully saturated rings. The van der Waals surface area contributed by atoms with Crippen molar-refractivity contribution in [2.75, 3.05) is 5.23 Å². The molecule has 3 rings (SSSR count). The van der Waals surface area contributed by atoms with Gasteiger partial charge in [0.1, 0.15) is 0 Å². The predicted octanol–water partition coefficient (Wildman–Crippen LogP) is 3.37. The van der Waals surface area contributed by atoms with Gasteiger partial charge in [0.2, 0.25) is 9.84 Å². The summed E-state index contributed by atoms with van der Waals surface area (Å²) in [4.78, 5) is 0.0916. The normalized spacial score (nSPS) is 11.5. The second-order valence-corrected chi connectivity index (χ2v) is 6.73. The third kappa shape index (κ3) is 2.55. The molecule has 3 aromatic rings. The van der Waals surface area contributed by atoms with Crippen LogP contribution in [0.2, 0.25) is 0 Å². The van der Waals surface area contributed by atoms with Gasteiger partial charge >= 0.3 is 0 Å². The van der Waals surface area contributed by atoms with Crippen molar-refractivity contribution in [3.05, 3.63) is 71.9 Å². The van der Waals surface area contributed by atoms with E-state index in [1.807, 2.05) is 24.3 Å². The summed E-state index contributed by atoms with van der Waals surface area (Å²) in [7, 11) is -3.76. The van der Waals surface area contributed by atoms with Gasteiger partial charge in [0.15, 0.2) is 0 Å². The van der Waals surface area contributed by atoms with Crippen molar-refractivity contribution in [3.63, 3.8) is 0 Å². The molecule has 0 heterocycles. The Morgan fingerprint density at radius 1 is 0.818 bits per heavy atom. The van der Waals surface area contributed by atoms with Crippen LogP contribution in [-0.4, -0.2) is 13.6 Å². The fraction of sp³-hybridized carbons (Fsp3) is 0. The lowest BCUT2D eigenvalue weighted by Crippen LogP contribution is -2.08. The highest BCUT2D eigenvalue weighted by molar-refractivity contribution is 7.91. The van der Waals surface area contributed by atoms with Crippen LogP contribution in [0.15, 0.2) is 76.5 Å². The summed E-state index contributed by atoms with van der Waals surface area (Å²) in [5, 5.41) is 21.2. The number of hydrogen-bond acceptors (Lipinski definition) is 5. The standard InChI is InChI=1S/C16H12NO4S/c18-17(19)14-6-3-7-15(11-14)22(20,21)16-9-8-12-4-1-2-5-13(12)10-16/h1-11,18H/q-1. The van der Waals surface area contributed by atoms with Crippen molar-refractivity contribution in [1.82, 2.24) is 0 Å². The Labute approximate surface area is 127 Å². The van der Waals surface area contributed by atoms with Gasteiger partial charge in [-0.2, -0.15) is 0 Å². The van der Waals surface area contributed by atoms with E-state index in [-0.39, 0.29) is 20.7 Å². The van der Waals surface area contributed by atoms with Crippen LogP contribution >= 0.6 is 0 Å². The molecule has 5 nitrogen and oxygen atoms in total. The second-order valence-electron chi connectivity index (χ2n) is 4.78. The molecule has 3 aromatic carbocycles. The van der Waals surface area contributed by atoms with Crippen molar-refractivity contribution in [2.45, 2.75) is 9.79 Å². The maximum Gasteiger partial charge on any atom is 0.206 e. The van der Waals surface area contributed by atoms with E-state index in [1.165, 1.54) is 24.3 Å². The molecule has 0 aliphatic rings. The van der Waals surface area contributed by atoms with Crippen molar-refractivity contribution >= 4 is 26.3 Å². The predicted molar refractivity (Wildman–Crippen MR) is 83.5 cm³/mol. The number of sulfone groups is 1. The maximum absolute atomic E-state index is 12.7. The lowest BCUT2D eigenvalue weighted by molar-refractivity contribution is 0.296. The van der Waals surface area contributed by atoms with E-state index in [1.54, 1.807) is 12.1 Å². The van der Waals surface area contributed by atoms with Crippen LogP contribution in [-0.2, 0) is 9.84 Å². The summed E-state index contributed by atoms with van der Waals surface area (Å²) < 4.78 is 25.3. The Morgan fingerprint density at radius 3 is 2.23 bits per heavy atom. The summed E-state index contributed by atoms with van der Waals surface area (Å²) in [6, 6.07) is 17.5. The minimum atomic E-state index is -3.76. The molecule has 0 atom stereocenters. The van der Waals surface area contributed by atoms with E-state index in [0.717, 1.165) is 16.8 Å². The van der Waals surface area contributed by atoms with E-state index < -0.39 is 9.84 Å². The molecule has 0 aliphatic heterocycles. The number of benzene rings is 3. The Bertz CT molecular complexity index is 936. The third-order valence-corrected chi connectivity index (χ3v) is 5.13. The minimum absolute atomic E-state index is 0.0461. The first kappa shape index (κ1) is 14.5. The largest absolute Gasteiger partial charge is 0.733 e. The third-order valence-electron chi connectivity index (χ3n) is 3.38. The number of anilines is 1. The molecule has 112 valence electrons. The zero-order valence-electron chi connectivity index (χ0n) is 11.4. The summed E-state index contributed by atoms with van der Waals surface area (Å²) >= 11 is 0. The second kappa shape index (κ2) is 5.42. The van der Waals surface area contributed by atoms with Gasteiger partial charge in [0.05, 0.1) is 15.5 Å². The van der Waals surface area contributed by atoms with E-state index in [9.17, 15) is 13.6 Å². The molecule has 0 aliphatic carbocycles. The summed E-state index contributed by atoms with van der Waals surface area (Å²) in [5.74, 6) is 0. The summed E-state index contributed by atoms with van der Waals surface area (Å²) in [5.41, 5.74) is -0.137. The van der Waals surface area contributed by atoms with E-state index >= 15 is 0 Å². The minimum Gasteiger partial charge on any atom is -0.733 e. The maximum atomic E-state index is 12.7. The van der Waals surface area contributed by atoms with Crippen molar-refractivity contribution < 1.29 is 13.6 Å². The lowest BCUT2D eigenvalue weighted by atomic mass is 10.1. The average Bonchev–Trinajstić information content (AvgIpc) is 2.54. The molecule has 0 radical (unpaired) electrons. The highest BCUT2D eigenvalue weighted by Crippen LogP contribution is 2.26. The topological polar surface area (TPSA) is 80.7 Å². The molecule has 1 N–H and O–H groups in total. The van der Waals surface area contributed by atoms with Crippen LogP contribution in [0.5, 0.6) is 0 Å². The zero-order valence-corrected chi connectivity index (χ0v) is 12.2. The first-order valence-corrected chi connectivity index (χ1v) is 7.97. The van der Waals surface area contributed by atoms with Crippen molar-refractivity contribution in [1.29, 1.82) is 0 Å². The quantitative estimate of drug-likeness (QED) is 0.750. The van der Waals surface area contributed by atoms with Crippen molar-refractivity contribution in [3.8, 4) is 0 Å². The van der Waals surface area contributed by atoms with E-state index in [4.69, 9.17) is 5.21 Å². The zero-order chi connectivity index (χ0) is 15.7. The van der Waals surface area contributed by atoms with Crippen LogP contribution in [0.3, 0.4) is 0 Å². The van der Waals surface area contributed by atoms with Gasteiger partial charge in [-0.1, -0.05) is 36.4 Å². The van der Waals surface area contributed by atoms with Gasteiger partial charge in [-0.3, -0.25) is 5.21 Å². The Kier molecular flexibility index (Phi) is 3.58. The number of hydrogen-bond donors (Lipinski definition) is 1. The molecule has 22 heavy (non-hydrogen) atoms. The van der Waals surface area contributed by atoms with E-state index in [0.29, 0.717) is 0 Å².